The van der Waals surface area contributed by atoms with Crippen LogP contribution in [0.3, 0.4) is 0 Å². The first-order valence-corrected chi connectivity index (χ1v) is 5.93. The molecule has 0 aliphatic carbocycles. The van der Waals surface area contributed by atoms with Crippen molar-refractivity contribution >= 4 is 23.1 Å². The standard InChI is InChI=1S/C11H22N2O3S/c1-7(2)9(10(12)17)11(15)13(3)5-8(14)6-16-4/h7-9,14H,5-6H2,1-4H3,(H2,12,17). The molecule has 0 rings (SSSR count). The number of methoxy groups -OCH3 is 1. The van der Waals surface area contributed by atoms with Crippen molar-refractivity contribution in [2.24, 2.45) is 17.6 Å². The second-order valence-corrected chi connectivity index (χ2v) is 4.92. The first kappa shape index (κ1) is 16.3. The Balaban J connectivity index is 4.51. The molecule has 0 aliphatic rings. The van der Waals surface area contributed by atoms with E-state index in [9.17, 15) is 9.90 Å². The van der Waals surface area contributed by atoms with Crippen molar-refractivity contribution in [3.05, 3.63) is 0 Å². The van der Waals surface area contributed by atoms with E-state index in [0.29, 0.717) is 0 Å². The monoisotopic (exact) mass is 262 g/mol. The Labute approximate surface area is 108 Å². The van der Waals surface area contributed by atoms with E-state index in [1.165, 1.54) is 12.0 Å². The molecule has 17 heavy (non-hydrogen) atoms. The Kier molecular flexibility index (Phi) is 7.26. The first-order chi connectivity index (χ1) is 7.81. The van der Waals surface area contributed by atoms with Crippen molar-refractivity contribution < 1.29 is 14.6 Å². The Morgan fingerprint density at radius 1 is 1.53 bits per heavy atom. The van der Waals surface area contributed by atoms with Gasteiger partial charge in [-0.25, -0.2) is 0 Å². The quantitative estimate of drug-likeness (QED) is 0.632. The molecule has 2 atom stereocenters. The van der Waals surface area contributed by atoms with Crippen molar-refractivity contribution in [2.45, 2.75) is 20.0 Å². The van der Waals surface area contributed by atoms with Gasteiger partial charge in [0.15, 0.2) is 0 Å². The fourth-order valence-electron chi connectivity index (χ4n) is 1.62. The van der Waals surface area contributed by atoms with Crippen LogP contribution in [0.2, 0.25) is 0 Å². The zero-order valence-corrected chi connectivity index (χ0v) is 11.7. The van der Waals surface area contributed by atoms with Gasteiger partial charge >= 0.3 is 0 Å². The van der Waals surface area contributed by atoms with Gasteiger partial charge in [0, 0.05) is 20.7 Å². The van der Waals surface area contributed by atoms with Gasteiger partial charge in [0.2, 0.25) is 5.91 Å². The number of amides is 1. The van der Waals surface area contributed by atoms with Gasteiger partial charge in [-0.05, 0) is 5.92 Å². The summed E-state index contributed by atoms with van der Waals surface area (Å²) in [6, 6.07) is 0. The molecule has 0 bridgehead atoms. The predicted molar refractivity (Wildman–Crippen MR) is 70.6 cm³/mol. The summed E-state index contributed by atoms with van der Waals surface area (Å²) in [5, 5.41) is 9.54. The summed E-state index contributed by atoms with van der Waals surface area (Å²) in [6.07, 6.45) is -0.701. The van der Waals surface area contributed by atoms with Crippen molar-refractivity contribution in [3.63, 3.8) is 0 Å². The summed E-state index contributed by atoms with van der Waals surface area (Å²) in [5.74, 6) is -0.602. The molecule has 0 saturated heterocycles. The Bertz CT molecular complexity index is 271. The van der Waals surface area contributed by atoms with E-state index in [4.69, 9.17) is 22.7 Å². The minimum atomic E-state index is -0.701. The van der Waals surface area contributed by atoms with E-state index in [2.05, 4.69) is 0 Å². The second kappa shape index (κ2) is 7.58. The van der Waals surface area contributed by atoms with Crippen LogP contribution in [0, 0.1) is 11.8 Å². The zero-order valence-electron chi connectivity index (χ0n) is 10.8. The fraction of sp³-hybridized carbons (Fsp3) is 0.818. The molecule has 0 fully saturated rings. The van der Waals surface area contributed by atoms with Crippen molar-refractivity contribution in [1.29, 1.82) is 0 Å². The normalized spacial score (nSPS) is 14.5. The van der Waals surface area contributed by atoms with Crippen LogP contribution in [0.15, 0.2) is 0 Å². The maximum absolute atomic E-state index is 12.1. The average molecular weight is 262 g/mol. The molecule has 0 aromatic heterocycles. The number of carbonyl (C=O) groups excluding carboxylic acids is 1. The van der Waals surface area contributed by atoms with Crippen LogP contribution >= 0.6 is 12.2 Å². The molecule has 5 nitrogen and oxygen atoms in total. The number of hydrogen-bond donors (Lipinski definition) is 2. The molecule has 0 heterocycles. The van der Waals surface area contributed by atoms with E-state index in [1.54, 1.807) is 7.05 Å². The lowest BCUT2D eigenvalue weighted by Crippen LogP contribution is -2.45. The molecule has 100 valence electrons. The third kappa shape index (κ3) is 5.43. The number of carbonyl (C=O) groups is 1. The molecule has 1 amide bonds. The van der Waals surface area contributed by atoms with Gasteiger partial charge in [-0.1, -0.05) is 26.1 Å². The summed E-state index contributed by atoms with van der Waals surface area (Å²) >= 11 is 4.90. The van der Waals surface area contributed by atoms with Crippen LogP contribution in [-0.2, 0) is 9.53 Å². The number of hydrogen-bond acceptors (Lipinski definition) is 4. The fourth-order valence-corrected chi connectivity index (χ4v) is 2.00. The summed E-state index contributed by atoms with van der Waals surface area (Å²) in [5.41, 5.74) is 5.56. The van der Waals surface area contributed by atoms with Gasteiger partial charge in [-0.15, -0.1) is 0 Å². The van der Waals surface area contributed by atoms with E-state index in [1.807, 2.05) is 13.8 Å². The Morgan fingerprint density at radius 3 is 2.41 bits per heavy atom. The molecule has 2 unspecified atom stereocenters. The highest BCUT2D eigenvalue weighted by Gasteiger charge is 2.28. The molecule has 0 aliphatic heterocycles. The predicted octanol–water partition coefficient (Wildman–Crippen LogP) is 0.0104. The van der Waals surface area contributed by atoms with Gasteiger partial charge < -0.3 is 20.5 Å². The number of rotatable bonds is 7. The van der Waals surface area contributed by atoms with Crippen molar-refractivity contribution in [3.8, 4) is 0 Å². The summed E-state index contributed by atoms with van der Waals surface area (Å²) in [7, 11) is 3.12. The minimum Gasteiger partial charge on any atom is -0.393 e. The summed E-state index contributed by atoms with van der Waals surface area (Å²) in [6.45, 7) is 4.18. The lowest BCUT2D eigenvalue weighted by molar-refractivity contribution is -0.134. The highest BCUT2D eigenvalue weighted by atomic mass is 32.1. The molecule has 0 aromatic rings. The number of thiocarbonyl (C=S) groups is 1. The molecule has 3 N–H and O–H groups in total. The molecule has 0 saturated carbocycles. The Morgan fingerprint density at radius 2 is 2.06 bits per heavy atom. The molecule has 0 spiro atoms. The van der Waals surface area contributed by atoms with Crippen molar-refractivity contribution in [2.75, 3.05) is 27.3 Å². The van der Waals surface area contributed by atoms with Gasteiger partial charge in [-0.3, -0.25) is 4.79 Å². The zero-order chi connectivity index (χ0) is 13.6. The summed E-state index contributed by atoms with van der Waals surface area (Å²) < 4.78 is 4.80. The van der Waals surface area contributed by atoms with Crippen LogP contribution in [0.4, 0.5) is 0 Å². The van der Waals surface area contributed by atoms with Crippen LogP contribution in [0.5, 0.6) is 0 Å². The maximum Gasteiger partial charge on any atom is 0.232 e. The van der Waals surface area contributed by atoms with Gasteiger partial charge in [-0.2, -0.15) is 0 Å². The number of aliphatic hydroxyl groups is 1. The molecule has 6 heteroatoms. The number of likely N-dealkylation sites (N-methyl/N-ethyl adjacent to an activating group) is 1. The second-order valence-electron chi connectivity index (χ2n) is 4.45. The number of nitrogens with zero attached hydrogens (tertiary/aromatic N) is 1. The smallest absolute Gasteiger partial charge is 0.232 e. The molecular formula is C11H22N2O3S. The molecule has 0 radical (unpaired) electrons. The third-order valence-corrected chi connectivity index (χ3v) is 2.71. The summed E-state index contributed by atoms with van der Waals surface area (Å²) in [4.78, 5) is 13.7. The van der Waals surface area contributed by atoms with E-state index >= 15 is 0 Å². The van der Waals surface area contributed by atoms with Crippen LogP contribution < -0.4 is 5.73 Å². The topological polar surface area (TPSA) is 75.8 Å². The van der Waals surface area contributed by atoms with E-state index in [-0.39, 0.29) is 30.0 Å². The SMILES string of the molecule is COCC(O)CN(C)C(=O)C(C(N)=S)C(C)C. The number of aliphatic hydroxyl groups excluding tert-OH is 1. The Hall–Kier alpha value is -0.720. The number of ether oxygens (including phenoxy) is 1. The minimum absolute atomic E-state index is 0.0435. The van der Waals surface area contributed by atoms with Crippen LogP contribution in [0.1, 0.15) is 13.8 Å². The van der Waals surface area contributed by atoms with Gasteiger partial charge in [0.05, 0.1) is 23.6 Å². The van der Waals surface area contributed by atoms with E-state index < -0.39 is 12.0 Å². The maximum atomic E-state index is 12.1. The average Bonchev–Trinajstić information content (AvgIpc) is 2.16. The largest absolute Gasteiger partial charge is 0.393 e. The first-order valence-electron chi connectivity index (χ1n) is 5.52. The molecule has 0 aromatic carbocycles. The third-order valence-electron chi connectivity index (χ3n) is 2.46. The van der Waals surface area contributed by atoms with E-state index in [0.717, 1.165) is 0 Å². The molecular weight excluding hydrogens is 240 g/mol. The van der Waals surface area contributed by atoms with Crippen molar-refractivity contribution in [1.82, 2.24) is 4.90 Å². The van der Waals surface area contributed by atoms with Gasteiger partial charge in [0.1, 0.15) is 0 Å². The highest BCUT2D eigenvalue weighted by molar-refractivity contribution is 7.80. The lowest BCUT2D eigenvalue weighted by Gasteiger charge is -2.27. The lowest BCUT2D eigenvalue weighted by atomic mass is 9.94. The van der Waals surface area contributed by atoms with Crippen LogP contribution in [-0.4, -0.2) is 54.3 Å². The van der Waals surface area contributed by atoms with Gasteiger partial charge in [0.25, 0.3) is 0 Å². The van der Waals surface area contributed by atoms with Crippen LogP contribution in [0.25, 0.3) is 0 Å². The highest BCUT2D eigenvalue weighted by Crippen LogP contribution is 2.14. The number of nitrogens with two attached hydrogens (primary N) is 1.